The zero-order valence-corrected chi connectivity index (χ0v) is 18.7. The highest BCUT2D eigenvalue weighted by Crippen LogP contribution is 2.50. The minimum atomic E-state index is -1.82. The van der Waals surface area contributed by atoms with Gasteiger partial charge in [0.05, 0.1) is 27.6 Å². The Labute approximate surface area is 183 Å². The van der Waals surface area contributed by atoms with E-state index >= 15 is 0 Å². The molecule has 0 saturated carbocycles. The molecule has 0 saturated heterocycles. The van der Waals surface area contributed by atoms with Crippen LogP contribution < -0.4 is 16.0 Å². The van der Waals surface area contributed by atoms with Crippen LogP contribution >= 0.6 is 11.0 Å². The molecule has 7 heteroatoms. The number of nitrogens with zero attached hydrogens (tertiary/aromatic N) is 1. The lowest BCUT2D eigenvalue weighted by molar-refractivity contribution is 0.425. The summed E-state index contributed by atoms with van der Waals surface area (Å²) in [6.45, 7) is 8.80. The topological polar surface area (TPSA) is 85.9 Å². The molecule has 0 radical (unpaired) electrons. The minimum Gasteiger partial charge on any atom is -0.423 e. The van der Waals surface area contributed by atoms with E-state index in [1.54, 1.807) is 0 Å². The van der Waals surface area contributed by atoms with Crippen LogP contribution in [0.2, 0.25) is 0 Å². The lowest BCUT2D eigenvalue weighted by Crippen LogP contribution is -2.46. The Hall–Kier alpha value is -2.16. The molecule has 4 N–H and O–H groups in total. The second kappa shape index (κ2) is 5.79. The number of rotatable bonds is 1. The van der Waals surface area contributed by atoms with Crippen molar-refractivity contribution < 1.29 is 19.2 Å². The summed E-state index contributed by atoms with van der Waals surface area (Å²) < 4.78 is 22.5. The van der Waals surface area contributed by atoms with Gasteiger partial charge in [0.1, 0.15) is 0 Å². The first-order valence-corrected chi connectivity index (χ1v) is 11.6. The predicted molar refractivity (Wildman–Crippen MR) is 128 cm³/mol. The summed E-state index contributed by atoms with van der Waals surface area (Å²) >= 11 is -1.82. The first kappa shape index (κ1) is 19.5. The highest BCUT2D eigenvalue weighted by molar-refractivity contribution is 8.06. The van der Waals surface area contributed by atoms with Crippen molar-refractivity contribution >= 4 is 51.0 Å². The molecule has 2 aliphatic heterocycles. The largest absolute Gasteiger partial charge is 0.488 e. The number of hydrogen-bond donors (Lipinski definition) is 4. The van der Waals surface area contributed by atoms with Crippen molar-refractivity contribution in [1.82, 2.24) is 4.57 Å². The SMILES string of the molecule is CC1(C)C2=c3c(c4cc(B(O)O)cc5c4n3-c3c1cccc3C5(C)C)=CC(=S(O)O)C2. The Kier molecular flexibility index (Phi) is 3.65. The van der Waals surface area contributed by atoms with Crippen molar-refractivity contribution in [2.24, 2.45) is 0 Å². The van der Waals surface area contributed by atoms with Gasteiger partial charge in [-0.15, -0.1) is 0 Å². The molecule has 1 aliphatic carbocycles. The van der Waals surface area contributed by atoms with Crippen LogP contribution in [-0.4, -0.2) is 35.7 Å². The minimum absolute atomic E-state index is 0.281. The summed E-state index contributed by atoms with van der Waals surface area (Å²) in [6.07, 6.45) is 2.39. The second-order valence-corrected chi connectivity index (χ2v) is 11.0. The van der Waals surface area contributed by atoms with Crippen LogP contribution in [0, 0.1) is 0 Å². The van der Waals surface area contributed by atoms with Gasteiger partial charge in [0, 0.05) is 32.7 Å². The summed E-state index contributed by atoms with van der Waals surface area (Å²) in [6, 6.07) is 10.2. The van der Waals surface area contributed by atoms with Crippen LogP contribution in [0.25, 0.3) is 28.2 Å². The molecule has 5 nitrogen and oxygen atoms in total. The van der Waals surface area contributed by atoms with Crippen molar-refractivity contribution in [3.63, 3.8) is 0 Å². The number of benzene rings is 2. The Bertz CT molecular complexity index is 1510. The number of fused-ring (bicyclic) bond motifs is 1. The maximum Gasteiger partial charge on any atom is 0.488 e. The molecule has 0 bridgehead atoms. The zero-order valence-electron chi connectivity index (χ0n) is 17.9. The van der Waals surface area contributed by atoms with E-state index in [0.29, 0.717) is 16.7 Å². The van der Waals surface area contributed by atoms with E-state index in [2.05, 4.69) is 50.5 Å². The lowest BCUT2D eigenvalue weighted by Gasteiger charge is -2.42. The summed E-state index contributed by atoms with van der Waals surface area (Å²) in [5, 5.41) is 23.0. The number of para-hydroxylation sites is 1. The third-order valence-corrected chi connectivity index (χ3v) is 8.36. The average Bonchev–Trinajstić information content (AvgIpc) is 3.04. The van der Waals surface area contributed by atoms with E-state index in [9.17, 15) is 19.2 Å². The third-order valence-electron chi connectivity index (χ3n) is 7.63. The molecule has 1 aromatic heterocycles. The van der Waals surface area contributed by atoms with Gasteiger partial charge in [-0.2, -0.15) is 0 Å². The van der Waals surface area contributed by atoms with Crippen LogP contribution in [0.4, 0.5) is 0 Å². The van der Waals surface area contributed by atoms with Gasteiger partial charge >= 0.3 is 7.12 Å². The van der Waals surface area contributed by atoms with Gasteiger partial charge in [0.15, 0.2) is 0 Å². The van der Waals surface area contributed by atoms with Crippen molar-refractivity contribution in [2.45, 2.75) is 44.9 Å². The highest BCUT2D eigenvalue weighted by Gasteiger charge is 2.44. The van der Waals surface area contributed by atoms with Gasteiger partial charge in [0.25, 0.3) is 0 Å². The lowest BCUT2D eigenvalue weighted by atomic mass is 9.67. The molecule has 0 fully saturated rings. The molecule has 3 heterocycles. The number of hydrogen-bond acceptors (Lipinski definition) is 4. The van der Waals surface area contributed by atoms with Crippen molar-refractivity contribution in [1.29, 1.82) is 0 Å². The molecular weight excluding hydrogens is 409 g/mol. The maximum atomic E-state index is 10.1. The first-order valence-electron chi connectivity index (χ1n) is 10.5. The summed E-state index contributed by atoms with van der Waals surface area (Å²) in [5.41, 5.74) is 6.78. The summed E-state index contributed by atoms with van der Waals surface area (Å²) in [5.74, 6) is 0. The van der Waals surface area contributed by atoms with E-state index in [4.69, 9.17) is 0 Å². The van der Waals surface area contributed by atoms with Crippen LogP contribution in [0.15, 0.2) is 30.3 Å². The number of aromatic nitrogens is 1. The van der Waals surface area contributed by atoms with Gasteiger partial charge in [-0.25, -0.2) is 0 Å². The van der Waals surface area contributed by atoms with Crippen LogP contribution in [0.1, 0.15) is 50.8 Å². The van der Waals surface area contributed by atoms with Crippen molar-refractivity contribution in [2.75, 3.05) is 0 Å². The molecule has 0 unspecified atom stereocenters. The van der Waals surface area contributed by atoms with E-state index < -0.39 is 18.2 Å². The Balaban J connectivity index is 1.99. The van der Waals surface area contributed by atoms with Crippen LogP contribution in [-0.2, 0) is 10.8 Å². The molecule has 3 aliphatic rings. The second-order valence-electron chi connectivity index (χ2n) is 9.92. The van der Waals surface area contributed by atoms with E-state index in [1.807, 2.05) is 18.2 Å². The molecule has 2 aromatic carbocycles. The first-order chi connectivity index (χ1) is 14.5. The van der Waals surface area contributed by atoms with Crippen LogP contribution in [0.5, 0.6) is 0 Å². The van der Waals surface area contributed by atoms with Gasteiger partial charge in [0.2, 0.25) is 0 Å². The molecular formula is C24H24BNO4S. The highest BCUT2D eigenvalue weighted by atomic mass is 32.2. The van der Waals surface area contributed by atoms with E-state index in [1.165, 1.54) is 22.4 Å². The van der Waals surface area contributed by atoms with Gasteiger partial charge in [-0.3, -0.25) is 0 Å². The maximum absolute atomic E-state index is 10.1. The molecule has 0 spiro atoms. The normalized spacial score (nSPS) is 19.1. The molecule has 6 rings (SSSR count). The fourth-order valence-corrected chi connectivity index (χ4v) is 6.46. The van der Waals surface area contributed by atoms with E-state index in [0.717, 1.165) is 27.0 Å². The molecule has 158 valence electrons. The van der Waals surface area contributed by atoms with Crippen molar-refractivity contribution in [3.8, 4) is 5.69 Å². The Morgan fingerprint density at radius 2 is 1.65 bits per heavy atom. The smallest absolute Gasteiger partial charge is 0.423 e. The molecule has 0 atom stereocenters. The molecule has 3 aromatic rings. The molecule has 0 amide bonds. The Morgan fingerprint density at radius 3 is 2.29 bits per heavy atom. The van der Waals surface area contributed by atoms with Gasteiger partial charge < -0.3 is 23.7 Å². The zero-order chi connectivity index (χ0) is 22.0. The Morgan fingerprint density at radius 1 is 0.968 bits per heavy atom. The predicted octanol–water partition coefficient (Wildman–Crippen LogP) is 1.96. The fourth-order valence-electron chi connectivity index (χ4n) is 5.96. The fraction of sp³-hybridized carbons (Fsp3) is 0.292. The summed E-state index contributed by atoms with van der Waals surface area (Å²) in [7, 11) is -1.58. The monoisotopic (exact) mass is 433 g/mol. The van der Waals surface area contributed by atoms with Gasteiger partial charge in [-0.05, 0) is 33.8 Å². The van der Waals surface area contributed by atoms with Gasteiger partial charge in [-0.1, -0.05) is 58.0 Å². The summed E-state index contributed by atoms with van der Waals surface area (Å²) in [4.78, 5) is 0.587. The average molecular weight is 433 g/mol. The standard InChI is InChI=1S/C24H24BNO4S/c1-23(2)16-6-5-7-17-22(16)26-20-14(8-12(25(27)28)9-18(20)23)15-10-13(31(29)30)11-19(21(15)26)24(17,3)4/h5-10,27-30H,11H2,1-4H3. The third kappa shape index (κ3) is 2.20. The molecule has 31 heavy (non-hydrogen) atoms. The van der Waals surface area contributed by atoms with E-state index in [-0.39, 0.29) is 10.8 Å². The quantitative estimate of drug-likeness (QED) is 0.349. The van der Waals surface area contributed by atoms with Crippen LogP contribution in [0.3, 0.4) is 0 Å². The van der Waals surface area contributed by atoms with Crippen molar-refractivity contribution in [3.05, 3.63) is 57.6 Å².